The van der Waals surface area contributed by atoms with Gasteiger partial charge in [-0.1, -0.05) is 17.7 Å². The molecule has 1 N–H and O–H groups in total. The first-order chi connectivity index (χ1) is 13.8. The number of halogens is 1. The number of pyridine rings is 1. The molecule has 156 valence electrons. The van der Waals surface area contributed by atoms with Crippen LogP contribution in [-0.2, 0) is 10.0 Å². The van der Waals surface area contributed by atoms with Crippen molar-refractivity contribution in [1.82, 2.24) is 14.6 Å². The van der Waals surface area contributed by atoms with Gasteiger partial charge in [-0.25, -0.2) is 18.1 Å². The summed E-state index contributed by atoms with van der Waals surface area (Å²) in [6.45, 7) is 3.25. The van der Waals surface area contributed by atoms with Crippen LogP contribution in [0.5, 0.6) is 0 Å². The van der Waals surface area contributed by atoms with Crippen molar-refractivity contribution < 1.29 is 13.2 Å². The first kappa shape index (κ1) is 22.1. The number of thioether (sulfide) groups is 1. The van der Waals surface area contributed by atoms with E-state index in [1.807, 2.05) is 11.2 Å². The highest BCUT2D eigenvalue weighted by Gasteiger charge is 2.27. The Kier molecular flexibility index (Phi) is 7.21. The average molecular weight is 454 g/mol. The molecule has 0 bridgehead atoms. The summed E-state index contributed by atoms with van der Waals surface area (Å²) in [5, 5.41) is 1.16. The lowest BCUT2D eigenvalue weighted by molar-refractivity contribution is 0.0687. The Hall–Kier alpha value is -1.61. The third-order valence-corrected chi connectivity index (χ3v) is 7.86. The molecule has 6 nitrogen and oxygen atoms in total. The van der Waals surface area contributed by atoms with E-state index >= 15 is 0 Å². The molecule has 0 saturated carbocycles. The average Bonchev–Trinajstić information content (AvgIpc) is 2.74. The van der Waals surface area contributed by atoms with Gasteiger partial charge in [-0.3, -0.25) is 4.79 Å². The molecule has 9 heteroatoms. The van der Waals surface area contributed by atoms with Crippen LogP contribution in [0.3, 0.4) is 0 Å². The van der Waals surface area contributed by atoms with Crippen LogP contribution in [0, 0.1) is 12.8 Å². The molecule has 1 aromatic carbocycles. The predicted molar refractivity (Wildman–Crippen MR) is 116 cm³/mol. The first-order valence-electron chi connectivity index (χ1n) is 9.36. The van der Waals surface area contributed by atoms with Gasteiger partial charge in [-0.2, -0.15) is 0 Å². The van der Waals surface area contributed by atoms with Gasteiger partial charge in [0.05, 0.1) is 10.5 Å². The monoisotopic (exact) mass is 453 g/mol. The van der Waals surface area contributed by atoms with Gasteiger partial charge in [-0.15, -0.1) is 11.8 Å². The summed E-state index contributed by atoms with van der Waals surface area (Å²) < 4.78 is 28.0. The number of hydrogen-bond donors (Lipinski definition) is 1. The number of likely N-dealkylation sites (tertiary alicyclic amines) is 1. The number of aromatic nitrogens is 1. The molecule has 2 heterocycles. The maximum Gasteiger partial charge on any atom is 0.256 e. The Labute approximate surface area is 181 Å². The molecule has 0 aliphatic carbocycles. The fourth-order valence-electron chi connectivity index (χ4n) is 3.41. The maximum atomic E-state index is 12.8. The van der Waals surface area contributed by atoms with Gasteiger partial charge in [0.1, 0.15) is 5.03 Å². The van der Waals surface area contributed by atoms with Gasteiger partial charge in [-0.05, 0) is 61.8 Å². The summed E-state index contributed by atoms with van der Waals surface area (Å²) in [5.41, 5.74) is 1.17. The first-order valence-corrected chi connectivity index (χ1v) is 12.4. The molecular weight excluding hydrogens is 430 g/mol. The molecule has 2 aromatic rings. The van der Waals surface area contributed by atoms with Crippen molar-refractivity contribution in [3.05, 3.63) is 52.7 Å². The van der Waals surface area contributed by atoms with Crippen molar-refractivity contribution in [3.8, 4) is 0 Å². The summed E-state index contributed by atoms with van der Waals surface area (Å²) >= 11 is 7.51. The SMILES string of the molecule is CSc1ncccc1C(=O)N1CCC(CNS(=O)(=O)c2cccc(Cl)c2C)CC1. The van der Waals surface area contributed by atoms with Crippen molar-refractivity contribution in [1.29, 1.82) is 0 Å². The molecule has 1 amide bonds. The highest BCUT2D eigenvalue weighted by Crippen LogP contribution is 2.25. The van der Waals surface area contributed by atoms with E-state index in [-0.39, 0.29) is 16.7 Å². The second kappa shape index (κ2) is 9.47. The molecule has 1 aliphatic heterocycles. The van der Waals surface area contributed by atoms with Crippen molar-refractivity contribution >= 4 is 39.3 Å². The lowest BCUT2D eigenvalue weighted by atomic mass is 9.97. The zero-order valence-electron chi connectivity index (χ0n) is 16.4. The molecule has 1 aromatic heterocycles. The Morgan fingerprint density at radius 3 is 2.69 bits per heavy atom. The standard InChI is InChI=1S/C20H24ClN3O3S2/c1-14-17(21)6-3-7-18(14)29(26,27)23-13-15-8-11-24(12-9-15)20(25)16-5-4-10-22-19(16)28-2/h3-7,10,15,23H,8-9,11-13H2,1-2H3. The molecule has 0 spiro atoms. The molecule has 29 heavy (non-hydrogen) atoms. The van der Waals surface area contributed by atoms with Gasteiger partial charge < -0.3 is 4.90 Å². The topological polar surface area (TPSA) is 79.4 Å². The van der Waals surface area contributed by atoms with Crippen LogP contribution in [0.4, 0.5) is 0 Å². The Morgan fingerprint density at radius 2 is 2.00 bits per heavy atom. The van der Waals surface area contributed by atoms with Gasteiger partial charge in [0.2, 0.25) is 10.0 Å². The van der Waals surface area contributed by atoms with E-state index in [9.17, 15) is 13.2 Å². The van der Waals surface area contributed by atoms with Crippen molar-refractivity contribution in [3.63, 3.8) is 0 Å². The fraction of sp³-hybridized carbons (Fsp3) is 0.400. The number of rotatable bonds is 6. The van der Waals surface area contributed by atoms with Crippen LogP contribution in [0.2, 0.25) is 5.02 Å². The second-order valence-electron chi connectivity index (χ2n) is 7.01. The highest BCUT2D eigenvalue weighted by molar-refractivity contribution is 7.98. The molecular formula is C20H24ClN3O3S2. The van der Waals surface area contributed by atoms with E-state index in [2.05, 4.69) is 9.71 Å². The minimum Gasteiger partial charge on any atom is -0.339 e. The lowest BCUT2D eigenvalue weighted by Gasteiger charge is -2.32. The number of amides is 1. The minimum absolute atomic E-state index is 0.0176. The van der Waals surface area contributed by atoms with E-state index in [0.717, 1.165) is 17.9 Å². The zero-order valence-corrected chi connectivity index (χ0v) is 18.8. The molecule has 0 atom stereocenters. The van der Waals surface area contributed by atoms with E-state index in [1.165, 1.54) is 11.8 Å². The summed E-state index contributed by atoms with van der Waals surface area (Å²) in [4.78, 5) is 19.1. The molecule has 1 saturated heterocycles. The van der Waals surface area contributed by atoms with Crippen LogP contribution < -0.4 is 4.72 Å². The number of nitrogens with zero attached hydrogens (tertiary/aromatic N) is 2. The largest absolute Gasteiger partial charge is 0.339 e. The summed E-state index contributed by atoms with van der Waals surface area (Å²) in [7, 11) is -3.62. The maximum absolute atomic E-state index is 12.8. The summed E-state index contributed by atoms with van der Waals surface area (Å²) in [5.74, 6) is 0.165. The Balaban J connectivity index is 1.57. The zero-order chi connectivity index (χ0) is 21.0. The van der Waals surface area contributed by atoms with Crippen molar-refractivity contribution in [2.24, 2.45) is 5.92 Å². The number of nitrogens with one attached hydrogen (secondary N) is 1. The number of piperidine rings is 1. The van der Waals surface area contributed by atoms with Gasteiger partial charge in [0.15, 0.2) is 0 Å². The fourth-order valence-corrected chi connectivity index (χ4v) is 5.56. The number of carbonyl (C=O) groups is 1. The lowest BCUT2D eigenvalue weighted by Crippen LogP contribution is -2.41. The van der Waals surface area contributed by atoms with E-state index in [4.69, 9.17) is 11.6 Å². The molecule has 3 rings (SSSR count). The van der Waals surface area contributed by atoms with E-state index in [1.54, 1.807) is 43.5 Å². The number of carbonyl (C=O) groups excluding carboxylic acids is 1. The predicted octanol–water partition coefficient (Wildman–Crippen LogP) is 3.60. The molecule has 0 radical (unpaired) electrons. The van der Waals surface area contributed by atoms with Crippen molar-refractivity contribution in [2.75, 3.05) is 25.9 Å². The van der Waals surface area contributed by atoms with Gasteiger partial charge in [0.25, 0.3) is 5.91 Å². The van der Waals surface area contributed by atoms with Crippen LogP contribution in [0.1, 0.15) is 28.8 Å². The summed E-state index contributed by atoms with van der Waals surface area (Å²) in [6.07, 6.45) is 5.08. The summed E-state index contributed by atoms with van der Waals surface area (Å²) in [6, 6.07) is 8.44. The highest BCUT2D eigenvalue weighted by atomic mass is 35.5. The third-order valence-electron chi connectivity index (χ3n) is 5.17. The Bertz CT molecular complexity index is 990. The normalized spacial score (nSPS) is 15.5. The van der Waals surface area contributed by atoms with Gasteiger partial charge in [0, 0.05) is 30.9 Å². The number of benzene rings is 1. The van der Waals surface area contributed by atoms with Crippen LogP contribution in [-0.4, -0.2) is 50.1 Å². The van der Waals surface area contributed by atoms with Crippen LogP contribution in [0.25, 0.3) is 0 Å². The number of sulfonamides is 1. The van der Waals surface area contributed by atoms with Gasteiger partial charge >= 0.3 is 0 Å². The number of hydrogen-bond acceptors (Lipinski definition) is 5. The smallest absolute Gasteiger partial charge is 0.256 e. The minimum atomic E-state index is -3.62. The van der Waals surface area contributed by atoms with Crippen LogP contribution in [0.15, 0.2) is 46.5 Å². The molecule has 1 fully saturated rings. The van der Waals surface area contributed by atoms with Crippen LogP contribution >= 0.6 is 23.4 Å². The molecule has 0 unspecified atom stereocenters. The van der Waals surface area contributed by atoms with E-state index in [0.29, 0.717) is 35.8 Å². The van der Waals surface area contributed by atoms with E-state index < -0.39 is 10.0 Å². The quantitative estimate of drug-likeness (QED) is 0.676. The third kappa shape index (κ3) is 5.12. The van der Waals surface area contributed by atoms with Crippen molar-refractivity contribution in [2.45, 2.75) is 29.7 Å². The second-order valence-corrected chi connectivity index (χ2v) is 9.95. The Morgan fingerprint density at radius 1 is 1.28 bits per heavy atom. The molecule has 1 aliphatic rings.